The van der Waals surface area contributed by atoms with Gasteiger partial charge >= 0.3 is 0 Å². The fourth-order valence-electron chi connectivity index (χ4n) is 3.03. The number of carbonyl (C=O) groups is 1. The summed E-state index contributed by atoms with van der Waals surface area (Å²) < 4.78 is 5.04. The van der Waals surface area contributed by atoms with Crippen LogP contribution in [0, 0.1) is 0 Å². The van der Waals surface area contributed by atoms with Gasteiger partial charge in [-0.2, -0.15) is 0 Å². The van der Waals surface area contributed by atoms with Crippen molar-refractivity contribution in [3.8, 4) is 0 Å². The molecule has 0 aromatic carbocycles. The van der Waals surface area contributed by atoms with E-state index in [2.05, 4.69) is 40.9 Å². The highest BCUT2D eigenvalue weighted by atomic mass is 16.5. The summed E-state index contributed by atoms with van der Waals surface area (Å²) in [6, 6.07) is 0.644. The Balaban J connectivity index is 1.98. The van der Waals surface area contributed by atoms with E-state index in [0.29, 0.717) is 12.5 Å². The third-order valence-corrected chi connectivity index (χ3v) is 4.72. The van der Waals surface area contributed by atoms with Crippen LogP contribution in [0.4, 0.5) is 0 Å². The van der Waals surface area contributed by atoms with Crippen LogP contribution >= 0.6 is 0 Å². The highest BCUT2D eigenvalue weighted by molar-refractivity contribution is 5.75. The highest BCUT2D eigenvalue weighted by Gasteiger charge is 2.18. The molecule has 0 unspecified atom stereocenters. The number of piperazine rings is 1. The van der Waals surface area contributed by atoms with E-state index < -0.39 is 0 Å². The Kier molecular flexibility index (Phi) is 11.2. The maximum Gasteiger partial charge on any atom is 0.220 e. The van der Waals surface area contributed by atoms with E-state index in [9.17, 15) is 4.79 Å². The SMILES string of the molecule is COCCCN(C)CCNC(=O)CCCN1CCN(C(C)C)CC1. The third-order valence-electron chi connectivity index (χ3n) is 4.72. The lowest BCUT2D eigenvalue weighted by atomic mass is 10.2. The molecule has 1 fully saturated rings. The molecule has 6 nitrogen and oxygen atoms in total. The van der Waals surface area contributed by atoms with Gasteiger partial charge < -0.3 is 19.9 Å². The molecular weight excluding hydrogens is 304 g/mol. The quantitative estimate of drug-likeness (QED) is 0.534. The van der Waals surface area contributed by atoms with Gasteiger partial charge in [0.1, 0.15) is 0 Å². The van der Waals surface area contributed by atoms with Crippen LogP contribution in [-0.2, 0) is 9.53 Å². The predicted molar refractivity (Wildman–Crippen MR) is 99.4 cm³/mol. The number of nitrogens with one attached hydrogen (secondary N) is 1. The van der Waals surface area contributed by atoms with Crippen molar-refractivity contribution in [2.75, 3.05) is 73.1 Å². The zero-order chi connectivity index (χ0) is 17.8. The van der Waals surface area contributed by atoms with E-state index in [0.717, 1.165) is 71.8 Å². The monoisotopic (exact) mass is 342 g/mol. The summed E-state index contributed by atoms with van der Waals surface area (Å²) in [5, 5.41) is 3.03. The number of amides is 1. The molecule has 1 aliphatic heterocycles. The number of methoxy groups -OCH3 is 1. The summed E-state index contributed by atoms with van der Waals surface area (Å²) in [6.45, 7) is 13.5. The minimum Gasteiger partial charge on any atom is -0.385 e. The van der Waals surface area contributed by atoms with Crippen LogP contribution in [-0.4, -0.2) is 99.8 Å². The molecule has 0 spiro atoms. The molecule has 1 rings (SSSR count). The van der Waals surface area contributed by atoms with Crippen LogP contribution in [0.3, 0.4) is 0 Å². The first-order valence-corrected chi connectivity index (χ1v) is 9.43. The number of hydrogen-bond donors (Lipinski definition) is 1. The molecule has 0 aromatic heterocycles. The number of likely N-dealkylation sites (N-methyl/N-ethyl adjacent to an activating group) is 1. The molecule has 0 atom stereocenters. The van der Waals surface area contributed by atoms with Crippen LogP contribution in [0.25, 0.3) is 0 Å². The number of nitrogens with zero attached hydrogens (tertiary/aromatic N) is 3. The predicted octanol–water partition coefficient (Wildman–Crippen LogP) is 0.877. The first kappa shape index (κ1) is 21.4. The minimum absolute atomic E-state index is 0.182. The van der Waals surface area contributed by atoms with Crippen molar-refractivity contribution < 1.29 is 9.53 Å². The topological polar surface area (TPSA) is 48.1 Å². The molecule has 1 N–H and O–H groups in total. The molecule has 1 amide bonds. The van der Waals surface area contributed by atoms with E-state index in [1.54, 1.807) is 7.11 Å². The van der Waals surface area contributed by atoms with E-state index in [-0.39, 0.29) is 5.91 Å². The third kappa shape index (κ3) is 9.57. The van der Waals surface area contributed by atoms with E-state index in [4.69, 9.17) is 4.74 Å². The van der Waals surface area contributed by atoms with Crippen LogP contribution in [0.15, 0.2) is 0 Å². The average Bonchev–Trinajstić information content (AvgIpc) is 2.55. The second-order valence-electron chi connectivity index (χ2n) is 7.07. The lowest BCUT2D eigenvalue weighted by Gasteiger charge is -2.36. The second-order valence-corrected chi connectivity index (χ2v) is 7.07. The lowest BCUT2D eigenvalue weighted by molar-refractivity contribution is -0.121. The molecule has 0 radical (unpaired) electrons. The summed E-state index contributed by atoms with van der Waals surface area (Å²) >= 11 is 0. The molecule has 142 valence electrons. The molecular formula is C18H38N4O2. The molecule has 1 heterocycles. The van der Waals surface area contributed by atoms with Gasteiger partial charge in [-0.1, -0.05) is 0 Å². The average molecular weight is 343 g/mol. The van der Waals surface area contributed by atoms with Crippen molar-refractivity contribution in [1.82, 2.24) is 20.0 Å². The van der Waals surface area contributed by atoms with Gasteiger partial charge in [-0.3, -0.25) is 9.69 Å². The van der Waals surface area contributed by atoms with Gasteiger partial charge in [0.2, 0.25) is 5.91 Å². The van der Waals surface area contributed by atoms with Crippen LogP contribution < -0.4 is 5.32 Å². The summed E-state index contributed by atoms with van der Waals surface area (Å²) in [7, 11) is 3.81. The molecule has 0 bridgehead atoms. The molecule has 1 aliphatic rings. The van der Waals surface area contributed by atoms with Crippen molar-refractivity contribution in [3.63, 3.8) is 0 Å². The fourth-order valence-corrected chi connectivity index (χ4v) is 3.03. The van der Waals surface area contributed by atoms with Crippen molar-refractivity contribution in [2.24, 2.45) is 0 Å². The van der Waals surface area contributed by atoms with Crippen molar-refractivity contribution >= 4 is 5.91 Å². The Bertz CT molecular complexity index is 331. The Hall–Kier alpha value is -0.690. The molecule has 0 aromatic rings. The second kappa shape index (κ2) is 12.6. The van der Waals surface area contributed by atoms with Crippen molar-refractivity contribution in [3.05, 3.63) is 0 Å². The number of carbonyl (C=O) groups excluding carboxylic acids is 1. The number of rotatable bonds is 12. The number of ether oxygens (including phenoxy) is 1. The Morgan fingerprint density at radius 1 is 1.17 bits per heavy atom. The molecule has 24 heavy (non-hydrogen) atoms. The van der Waals surface area contributed by atoms with E-state index >= 15 is 0 Å². The minimum atomic E-state index is 0.182. The zero-order valence-corrected chi connectivity index (χ0v) is 16.2. The van der Waals surface area contributed by atoms with Gasteiger partial charge in [0.25, 0.3) is 0 Å². The standard InChI is InChI=1S/C18H38N4O2/c1-17(2)22-14-12-21(13-15-22)10-5-7-18(23)19-8-11-20(3)9-6-16-24-4/h17H,5-16H2,1-4H3,(H,19,23). The van der Waals surface area contributed by atoms with Gasteiger partial charge in [-0.15, -0.1) is 0 Å². The van der Waals surface area contributed by atoms with Gasteiger partial charge in [0.15, 0.2) is 0 Å². The molecule has 6 heteroatoms. The maximum atomic E-state index is 11.9. The summed E-state index contributed by atoms with van der Waals surface area (Å²) in [5.41, 5.74) is 0. The Morgan fingerprint density at radius 2 is 1.88 bits per heavy atom. The van der Waals surface area contributed by atoms with Gasteiger partial charge in [0, 0.05) is 72.0 Å². The van der Waals surface area contributed by atoms with E-state index in [1.807, 2.05) is 0 Å². The van der Waals surface area contributed by atoms with Crippen LogP contribution in [0.1, 0.15) is 33.1 Å². The zero-order valence-electron chi connectivity index (χ0n) is 16.2. The van der Waals surface area contributed by atoms with E-state index in [1.165, 1.54) is 0 Å². The number of hydrogen-bond acceptors (Lipinski definition) is 5. The molecule has 1 saturated heterocycles. The first-order chi connectivity index (χ1) is 11.5. The summed E-state index contributed by atoms with van der Waals surface area (Å²) in [5.74, 6) is 0.182. The summed E-state index contributed by atoms with van der Waals surface area (Å²) in [6.07, 6.45) is 2.62. The fraction of sp³-hybridized carbons (Fsp3) is 0.944. The smallest absolute Gasteiger partial charge is 0.220 e. The lowest BCUT2D eigenvalue weighted by Crippen LogP contribution is -2.49. The van der Waals surface area contributed by atoms with Gasteiger partial charge in [-0.05, 0) is 40.3 Å². The van der Waals surface area contributed by atoms with Crippen molar-refractivity contribution in [2.45, 2.75) is 39.2 Å². The summed E-state index contributed by atoms with van der Waals surface area (Å²) in [4.78, 5) is 19.1. The first-order valence-electron chi connectivity index (χ1n) is 9.43. The maximum absolute atomic E-state index is 11.9. The van der Waals surface area contributed by atoms with Crippen LogP contribution in [0.5, 0.6) is 0 Å². The Labute approximate surface area is 148 Å². The largest absolute Gasteiger partial charge is 0.385 e. The van der Waals surface area contributed by atoms with Crippen molar-refractivity contribution in [1.29, 1.82) is 0 Å². The molecule has 0 saturated carbocycles. The highest BCUT2D eigenvalue weighted by Crippen LogP contribution is 2.06. The Morgan fingerprint density at radius 3 is 2.50 bits per heavy atom. The normalized spacial score (nSPS) is 16.9. The van der Waals surface area contributed by atoms with Gasteiger partial charge in [-0.25, -0.2) is 0 Å². The molecule has 0 aliphatic carbocycles. The van der Waals surface area contributed by atoms with Gasteiger partial charge in [0.05, 0.1) is 0 Å². The van der Waals surface area contributed by atoms with Crippen LogP contribution in [0.2, 0.25) is 0 Å².